The quantitative estimate of drug-likeness (QED) is 0.756. The van der Waals surface area contributed by atoms with Gasteiger partial charge < -0.3 is 4.42 Å². The van der Waals surface area contributed by atoms with Gasteiger partial charge in [-0.3, -0.25) is 10.1 Å². The number of rotatable bonds is 4. The molecule has 0 saturated carbocycles. The number of hydrogen-bond acceptors (Lipinski definition) is 6. The van der Waals surface area contributed by atoms with Crippen LogP contribution in [0.25, 0.3) is 11.5 Å². The number of anilines is 1. The lowest BCUT2D eigenvalue weighted by Gasteiger charge is -2.03. The average molecular weight is 371 g/mol. The molecule has 0 bridgehead atoms. The second-order valence-corrected chi connectivity index (χ2v) is 8.00. The molecule has 0 aliphatic carbocycles. The summed E-state index contributed by atoms with van der Waals surface area (Å²) in [6.07, 6.45) is 1.11. The highest BCUT2D eigenvalue weighted by molar-refractivity contribution is 7.90. The number of aryl methyl sites for hydroxylation is 2. The Hall–Kier alpha value is -3.00. The summed E-state index contributed by atoms with van der Waals surface area (Å²) in [5.74, 6) is -0.157. The molecule has 3 aromatic rings. The maximum Gasteiger partial charge on any atom is 0.322 e. The molecule has 1 heterocycles. The van der Waals surface area contributed by atoms with Gasteiger partial charge in [0.25, 0.3) is 5.91 Å². The molecule has 0 saturated heterocycles. The standard InChI is InChI=1S/C18H17N3O4S/c1-11-4-5-12(2)15(10-11)17-20-21-18(25-17)19-16(22)13-6-8-14(9-7-13)26(3,23)24/h4-10H,1-3H3,(H,19,21,22). The molecule has 2 aromatic carbocycles. The molecule has 1 N–H and O–H groups in total. The zero-order valence-corrected chi connectivity index (χ0v) is 15.3. The van der Waals surface area contributed by atoms with Gasteiger partial charge in [0.1, 0.15) is 0 Å². The van der Waals surface area contributed by atoms with Crippen molar-refractivity contribution in [3.05, 3.63) is 59.2 Å². The van der Waals surface area contributed by atoms with E-state index in [9.17, 15) is 13.2 Å². The number of aromatic nitrogens is 2. The predicted octanol–water partition coefficient (Wildman–Crippen LogP) is 3.01. The Morgan fingerprint density at radius 2 is 1.73 bits per heavy atom. The molecule has 3 rings (SSSR count). The van der Waals surface area contributed by atoms with Crippen molar-refractivity contribution in [3.63, 3.8) is 0 Å². The molecule has 0 aliphatic rings. The van der Waals surface area contributed by atoms with E-state index in [0.717, 1.165) is 22.9 Å². The largest absolute Gasteiger partial charge is 0.403 e. The molecule has 0 spiro atoms. The molecular weight excluding hydrogens is 354 g/mol. The third-order valence-electron chi connectivity index (χ3n) is 3.81. The Labute approximate surface area is 151 Å². The number of hydrogen-bond donors (Lipinski definition) is 1. The molecule has 26 heavy (non-hydrogen) atoms. The van der Waals surface area contributed by atoms with E-state index >= 15 is 0 Å². The molecule has 7 nitrogen and oxygen atoms in total. The summed E-state index contributed by atoms with van der Waals surface area (Å²) < 4.78 is 28.4. The fourth-order valence-electron chi connectivity index (χ4n) is 2.37. The fraction of sp³-hybridized carbons (Fsp3) is 0.167. The van der Waals surface area contributed by atoms with Crippen molar-refractivity contribution >= 4 is 21.8 Å². The molecule has 0 aliphatic heterocycles. The molecule has 134 valence electrons. The fourth-order valence-corrected chi connectivity index (χ4v) is 3.00. The predicted molar refractivity (Wildman–Crippen MR) is 96.7 cm³/mol. The van der Waals surface area contributed by atoms with E-state index < -0.39 is 15.7 Å². The Kier molecular flexibility index (Phi) is 4.60. The summed E-state index contributed by atoms with van der Waals surface area (Å²) in [6, 6.07) is 11.4. The van der Waals surface area contributed by atoms with E-state index in [1.165, 1.54) is 24.3 Å². The molecule has 0 radical (unpaired) electrons. The third kappa shape index (κ3) is 3.80. The highest BCUT2D eigenvalue weighted by atomic mass is 32.2. The van der Waals surface area contributed by atoms with Gasteiger partial charge in [0.2, 0.25) is 5.89 Å². The SMILES string of the molecule is Cc1ccc(C)c(-c2nnc(NC(=O)c3ccc(S(C)(=O)=O)cc3)o2)c1. The van der Waals surface area contributed by atoms with Gasteiger partial charge >= 0.3 is 6.01 Å². The van der Waals surface area contributed by atoms with Gasteiger partial charge in [0.05, 0.1) is 4.90 Å². The summed E-state index contributed by atoms with van der Waals surface area (Å²) in [5, 5.41) is 10.3. The summed E-state index contributed by atoms with van der Waals surface area (Å²) in [6.45, 7) is 3.89. The minimum absolute atomic E-state index is 0.0295. The van der Waals surface area contributed by atoms with Gasteiger partial charge in [0, 0.05) is 17.4 Å². The van der Waals surface area contributed by atoms with Crippen LogP contribution in [0.15, 0.2) is 51.8 Å². The van der Waals surface area contributed by atoms with Crippen molar-refractivity contribution in [2.75, 3.05) is 11.6 Å². The molecular formula is C18H17N3O4S. The number of benzene rings is 2. The Balaban J connectivity index is 1.79. The molecule has 0 atom stereocenters. The minimum atomic E-state index is -3.31. The van der Waals surface area contributed by atoms with Gasteiger partial charge in [-0.2, -0.15) is 0 Å². The molecule has 1 aromatic heterocycles. The molecule has 0 fully saturated rings. The number of carbonyl (C=O) groups excluding carboxylic acids is 1. The first-order valence-corrected chi connectivity index (χ1v) is 9.66. The summed E-state index contributed by atoms with van der Waals surface area (Å²) in [5.41, 5.74) is 3.12. The smallest absolute Gasteiger partial charge is 0.322 e. The minimum Gasteiger partial charge on any atom is -0.403 e. The van der Waals surface area contributed by atoms with Crippen molar-refractivity contribution in [2.45, 2.75) is 18.7 Å². The topological polar surface area (TPSA) is 102 Å². The molecule has 0 unspecified atom stereocenters. The van der Waals surface area contributed by atoms with Crippen LogP contribution in [-0.4, -0.2) is 30.8 Å². The lowest BCUT2D eigenvalue weighted by Crippen LogP contribution is -2.12. The Morgan fingerprint density at radius 3 is 2.38 bits per heavy atom. The lowest BCUT2D eigenvalue weighted by atomic mass is 10.1. The number of nitrogens with one attached hydrogen (secondary N) is 1. The van der Waals surface area contributed by atoms with Crippen molar-refractivity contribution in [1.29, 1.82) is 0 Å². The van der Waals surface area contributed by atoms with E-state index in [4.69, 9.17) is 4.42 Å². The van der Waals surface area contributed by atoms with Crippen molar-refractivity contribution in [2.24, 2.45) is 0 Å². The first kappa shape index (κ1) is 17.8. The first-order chi connectivity index (χ1) is 12.2. The van der Waals surface area contributed by atoms with Crippen LogP contribution in [0.2, 0.25) is 0 Å². The number of nitrogens with zero attached hydrogens (tertiary/aromatic N) is 2. The van der Waals surface area contributed by atoms with E-state index in [2.05, 4.69) is 15.5 Å². The second kappa shape index (κ2) is 6.72. The number of amides is 1. The number of sulfone groups is 1. The van der Waals surface area contributed by atoms with E-state index in [1.807, 2.05) is 32.0 Å². The summed E-state index contributed by atoms with van der Waals surface area (Å²) in [7, 11) is -3.31. The zero-order chi connectivity index (χ0) is 18.9. The monoisotopic (exact) mass is 371 g/mol. The second-order valence-electron chi connectivity index (χ2n) is 5.98. The highest BCUT2D eigenvalue weighted by Crippen LogP contribution is 2.24. The van der Waals surface area contributed by atoms with Crippen LogP contribution in [0, 0.1) is 13.8 Å². The highest BCUT2D eigenvalue weighted by Gasteiger charge is 2.15. The van der Waals surface area contributed by atoms with Crippen LogP contribution in [0.5, 0.6) is 0 Å². The maximum absolute atomic E-state index is 12.3. The van der Waals surface area contributed by atoms with Crippen LogP contribution < -0.4 is 5.32 Å². The number of carbonyl (C=O) groups is 1. The van der Waals surface area contributed by atoms with E-state index in [1.54, 1.807) is 0 Å². The Bertz CT molecular complexity index is 1070. The molecule has 1 amide bonds. The van der Waals surface area contributed by atoms with Crippen molar-refractivity contribution in [1.82, 2.24) is 10.2 Å². The normalized spacial score (nSPS) is 11.3. The van der Waals surface area contributed by atoms with Gasteiger partial charge in [0.15, 0.2) is 9.84 Å². The van der Waals surface area contributed by atoms with Gasteiger partial charge in [-0.25, -0.2) is 8.42 Å². The molecule has 8 heteroatoms. The first-order valence-electron chi connectivity index (χ1n) is 7.76. The van der Waals surface area contributed by atoms with Gasteiger partial charge in [-0.15, -0.1) is 5.10 Å². The van der Waals surface area contributed by atoms with E-state index in [0.29, 0.717) is 5.89 Å². The van der Waals surface area contributed by atoms with Crippen LogP contribution in [-0.2, 0) is 9.84 Å². The summed E-state index contributed by atoms with van der Waals surface area (Å²) >= 11 is 0. The van der Waals surface area contributed by atoms with Crippen molar-refractivity contribution < 1.29 is 17.6 Å². The third-order valence-corrected chi connectivity index (χ3v) is 4.94. The Morgan fingerprint density at radius 1 is 1.04 bits per heavy atom. The van der Waals surface area contributed by atoms with Crippen LogP contribution in [0.4, 0.5) is 6.01 Å². The average Bonchev–Trinajstić information content (AvgIpc) is 3.04. The zero-order valence-electron chi connectivity index (χ0n) is 14.5. The van der Waals surface area contributed by atoms with Gasteiger partial charge in [-0.05, 0) is 49.7 Å². The van der Waals surface area contributed by atoms with Gasteiger partial charge in [-0.1, -0.05) is 22.8 Å². The lowest BCUT2D eigenvalue weighted by molar-refractivity contribution is 0.102. The van der Waals surface area contributed by atoms with Crippen LogP contribution >= 0.6 is 0 Å². The van der Waals surface area contributed by atoms with Crippen LogP contribution in [0.3, 0.4) is 0 Å². The maximum atomic E-state index is 12.3. The summed E-state index contributed by atoms with van der Waals surface area (Å²) in [4.78, 5) is 12.4. The van der Waals surface area contributed by atoms with Crippen molar-refractivity contribution in [3.8, 4) is 11.5 Å². The van der Waals surface area contributed by atoms with E-state index in [-0.39, 0.29) is 16.5 Å². The van der Waals surface area contributed by atoms with Crippen LogP contribution in [0.1, 0.15) is 21.5 Å².